The molecule has 0 spiro atoms. The van der Waals surface area contributed by atoms with Gasteiger partial charge in [0, 0.05) is 10.4 Å². The first-order valence-electron chi connectivity index (χ1n) is 11.7. The Bertz CT molecular complexity index is 1730. The summed E-state index contributed by atoms with van der Waals surface area (Å²) >= 11 is 6.53. The minimum atomic E-state index is -4.74. The van der Waals surface area contributed by atoms with Crippen molar-refractivity contribution in [1.82, 2.24) is 4.98 Å². The first-order valence-corrected chi connectivity index (χ1v) is 12.9. The fraction of sp³-hybridized carbons (Fsp3) is 0.107. The lowest BCUT2D eigenvalue weighted by Gasteiger charge is -2.12. The number of nitrogens with one attached hydrogen (secondary N) is 1. The second-order valence-corrected chi connectivity index (χ2v) is 10.2. The van der Waals surface area contributed by atoms with E-state index >= 15 is 0 Å². The zero-order valence-corrected chi connectivity index (χ0v) is 22.2. The van der Waals surface area contributed by atoms with Gasteiger partial charge >= 0.3 is 6.18 Å². The van der Waals surface area contributed by atoms with Gasteiger partial charge in [-0.25, -0.2) is 4.98 Å². The molecule has 2 aromatic carbocycles. The number of amides is 2. The average Bonchev–Trinajstić information content (AvgIpc) is 3.53. The van der Waals surface area contributed by atoms with Gasteiger partial charge in [-0.3, -0.25) is 9.59 Å². The Kier molecular flexibility index (Phi) is 7.26. The normalized spacial score (nSPS) is 11.5. The van der Waals surface area contributed by atoms with Gasteiger partial charge in [0.1, 0.15) is 33.5 Å². The number of halogens is 4. The number of aryl methyl sites for hydroxylation is 1. The van der Waals surface area contributed by atoms with Crippen molar-refractivity contribution >= 4 is 50.7 Å². The first-order chi connectivity index (χ1) is 19.0. The second-order valence-electron chi connectivity index (χ2n) is 8.73. The smallest absolute Gasteiger partial charge is 0.433 e. The molecule has 5 aromatic rings. The summed E-state index contributed by atoms with van der Waals surface area (Å²) in [6.45, 7) is 1.86. The molecule has 0 aliphatic heterocycles. The number of primary amides is 1. The van der Waals surface area contributed by atoms with Crippen LogP contribution in [0, 0.1) is 6.92 Å². The maximum Gasteiger partial charge on any atom is 0.433 e. The monoisotopic (exact) mass is 585 g/mol. The van der Waals surface area contributed by atoms with E-state index in [2.05, 4.69) is 10.3 Å². The molecular formula is C28H19ClF3N3O4S. The number of anilines is 1. The lowest BCUT2D eigenvalue weighted by atomic mass is 10.00. The number of nitrogens with zero attached hydrogens (tertiary/aromatic N) is 1. The number of thiophene rings is 1. The van der Waals surface area contributed by atoms with Gasteiger partial charge in [0.15, 0.2) is 5.76 Å². The van der Waals surface area contributed by atoms with Crippen LogP contribution in [0.2, 0.25) is 5.02 Å². The molecule has 0 saturated carbocycles. The molecule has 40 heavy (non-hydrogen) atoms. The molecule has 3 heterocycles. The van der Waals surface area contributed by atoms with Crippen molar-refractivity contribution in [2.45, 2.75) is 19.7 Å². The highest BCUT2D eigenvalue weighted by Gasteiger charge is 2.35. The van der Waals surface area contributed by atoms with Crippen molar-refractivity contribution in [3.63, 3.8) is 0 Å². The standard InChI is InChI=1S/C28H19ClF3N3O4S/c1-14-2-4-15(5-3-14)19-12-21(28(30,31)32)34-27-22(19)23(24(40-27)25(33)36)35-26(37)20-11-10-18(39-20)13-38-17-8-6-16(29)7-9-17/h2-12H,13H2,1H3,(H2,33,36)(H,35,37). The molecule has 3 N–H and O–H groups in total. The van der Waals surface area contributed by atoms with Crippen molar-refractivity contribution in [2.24, 2.45) is 5.73 Å². The lowest BCUT2D eigenvalue weighted by molar-refractivity contribution is -0.140. The highest BCUT2D eigenvalue weighted by Crippen LogP contribution is 2.43. The Labute approximate surface area is 234 Å². The number of hydrogen-bond donors (Lipinski definition) is 2. The van der Waals surface area contributed by atoms with E-state index in [1.807, 2.05) is 6.92 Å². The van der Waals surface area contributed by atoms with Gasteiger partial charge in [-0.15, -0.1) is 11.3 Å². The molecule has 0 unspecified atom stereocenters. The number of rotatable bonds is 7. The Morgan fingerprint density at radius 1 is 1.07 bits per heavy atom. The highest BCUT2D eigenvalue weighted by atomic mass is 35.5. The fourth-order valence-electron chi connectivity index (χ4n) is 3.94. The van der Waals surface area contributed by atoms with Crippen LogP contribution in [0.1, 0.15) is 37.2 Å². The number of fused-ring (bicyclic) bond motifs is 1. The van der Waals surface area contributed by atoms with Crippen LogP contribution >= 0.6 is 22.9 Å². The maximum absolute atomic E-state index is 13.7. The molecule has 2 amide bonds. The maximum atomic E-state index is 13.7. The summed E-state index contributed by atoms with van der Waals surface area (Å²) in [5.74, 6) is -0.909. The molecule has 0 bridgehead atoms. The van der Waals surface area contributed by atoms with Crippen LogP contribution in [0.5, 0.6) is 5.75 Å². The Balaban J connectivity index is 1.51. The van der Waals surface area contributed by atoms with Crippen LogP contribution in [-0.4, -0.2) is 16.8 Å². The van der Waals surface area contributed by atoms with Crippen molar-refractivity contribution in [2.75, 3.05) is 5.32 Å². The number of nitrogens with two attached hydrogens (primary N) is 1. The number of furan rings is 1. The highest BCUT2D eigenvalue weighted by molar-refractivity contribution is 7.21. The zero-order chi connectivity index (χ0) is 28.6. The van der Waals surface area contributed by atoms with Gasteiger partial charge < -0.3 is 20.2 Å². The van der Waals surface area contributed by atoms with E-state index in [9.17, 15) is 22.8 Å². The number of aromatic nitrogens is 1. The van der Waals surface area contributed by atoms with E-state index < -0.39 is 23.7 Å². The third-order valence-corrected chi connectivity index (χ3v) is 7.21. The van der Waals surface area contributed by atoms with Gasteiger partial charge in [0.2, 0.25) is 0 Å². The SMILES string of the molecule is Cc1ccc(-c2cc(C(F)(F)F)nc3sc(C(N)=O)c(NC(=O)c4ccc(COc5ccc(Cl)cc5)o4)c23)cc1. The quantitative estimate of drug-likeness (QED) is 0.206. The summed E-state index contributed by atoms with van der Waals surface area (Å²) < 4.78 is 52.4. The number of carbonyl (C=O) groups is 2. The van der Waals surface area contributed by atoms with E-state index in [0.717, 1.165) is 11.6 Å². The molecule has 5 rings (SSSR count). The molecule has 0 atom stereocenters. The molecule has 0 fully saturated rings. The average molecular weight is 586 g/mol. The summed E-state index contributed by atoms with van der Waals surface area (Å²) in [6, 6.07) is 17.3. The van der Waals surface area contributed by atoms with E-state index in [4.69, 9.17) is 26.5 Å². The van der Waals surface area contributed by atoms with Gasteiger partial charge in [0.25, 0.3) is 11.8 Å². The number of alkyl halides is 3. The van der Waals surface area contributed by atoms with E-state index in [-0.39, 0.29) is 38.7 Å². The number of hydrogen-bond acceptors (Lipinski definition) is 6. The molecular weight excluding hydrogens is 567 g/mol. The van der Waals surface area contributed by atoms with Crippen LogP contribution in [0.4, 0.5) is 18.9 Å². The van der Waals surface area contributed by atoms with Crippen LogP contribution in [0.25, 0.3) is 21.3 Å². The molecule has 0 aliphatic carbocycles. The zero-order valence-electron chi connectivity index (χ0n) is 20.6. The van der Waals surface area contributed by atoms with Crippen LogP contribution in [-0.2, 0) is 12.8 Å². The molecule has 12 heteroatoms. The number of carbonyl (C=O) groups excluding carboxylic acids is 2. The van der Waals surface area contributed by atoms with Crippen LogP contribution in [0.15, 0.2) is 71.1 Å². The second kappa shape index (κ2) is 10.7. The van der Waals surface area contributed by atoms with Crippen molar-refractivity contribution in [3.05, 3.63) is 99.4 Å². The lowest BCUT2D eigenvalue weighted by Crippen LogP contribution is -2.16. The number of benzene rings is 2. The molecule has 0 aliphatic rings. The summed E-state index contributed by atoms with van der Waals surface area (Å²) in [4.78, 5) is 29.0. The predicted molar refractivity (Wildman–Crippen MR) is 146 cm³/mol. The van der Waals surface area contributed by atoms with Gasteiger partial charge in [0.05, 0.1) is 5.69 Å². The van der Waals surface area contributed by atoms with Gasteiger partial charge in [-0.2, -0.15) is 13.2 Å². The van der Waals surface area contributed by atoms with Gasteiger partial charge in [-0.1, -0.05) is 41.4 Å². The summed E-state index contributed by atoms with van der Waals surface area (Å²) in [5, 5.41) is 3.31. The molecule has 204 valence electrons. The number of ether oxygens (including phenoxy) is 1. The minimum Gasteiger partial charge on any atom is -0.486 e. The Morgan fingerprint density at radius 3 is 2.42 bits per heavy atom. The molecule has 3 aromatic heterocycles. The summed E-state index contributed by atoms with van der Waals surface area (Å²) in [5.41, 5.74) is 5.84. The predicted octanol–water partition coefficient (Wildman–Crippen LogP) is 7.47. The van der Waals surface area contributed by atoms with Crippen molar-refractivity contribution in [3.8, 4) is 16.9 Å². The third kappa shape index (κ3) is 5.65. The van der Waals surface area contributed by atoms with Crippen molar-refractivity contribution < 1.29 is 31.9 Å². The molecule has 0 saturated heterocycles. The van der Waals surface area contributed by atoms with E-state index in [0.29, 0.717) is 33.4 Å². The van der Waals surface area contributed by atoms with Gasteiger partial charge in [-0.05, 0) is 60.5 Å². The minimum absolute atomic E-state index is 0.0184. The summed E-state index contributed by atoms with van der Waals surface area (Å²) in [7, 11) is 0. The molecule has 0 radical (unpaired) electrons. The fourth-order valence-corrected chi connectivity index (χ4v) is 5.07. The summed E-state index contributed by atoms with van der Waals surface area (Å²) in [6.07, 6.45) is -4.74. The largest absolute Gasteiger partial charge is 0.486 e. The molecule has 7 nitrogen and oxygen atoms in total. The van der Waals surface area contributed by atoms with Crippen LogP contribution < -0.4 is 15.8 Å². The Morgan fingerprint density at radius 2 is 1.77 bits per heavy atom. The first kappa shape index (κ1) is 27.2. The Hall–Kier alpha value is -4.35. The van der Waals surface area contributed by atoms with Crippen molar-refractivity contribution in [1.29, 1.82) is 0 Å². The van der Waals surface area contributed by atoms with Crippen LogP contribution in [0.3, 0.4) is 0 Å². The van der Waals surface area contributed by atoms with E-state index in [1.165, 1.54) is 6.07 Å². The van der Waals surface area contributed by atoms with E-state index in [1.54, 1.807) is 54.6 Å². The number of pyridine rings is 1. The topological polar surface area (TPSA) is 107 Å². The third-order valence-electron chi connectivity index (χ3n) is 5.86.